The van der Waals surface area contributed by atoms with Crippen molar-refractivity contribution in [2.24, 2.45) is 0 Å². The number of ether oxygens (including phenoxy) is 2. The summed E-state index contributed by atoms with van der Waals surface area (Å²) < 4.78 is 27.1. The number of aryl methyl sites for hydroxylation is 1. The second-order valence-corrected chi connectivity index (χ2v) is 7.64. The predicted octanol–water partition coefficient (Wildman–Crippen LogP) is 2.96. The fraction of sp³-hybridized carbons (Fsp3) is 0.400. The average Bonchev–Trinajstić information content (AvgIpc) is 2.84. The molecule has 148 valence electrons. The summed E-state index contributed by atoms with van der Waals surface area (Å²) in [4.78, 5) is 23.5. The topological polar surface area (TPSA) is 84.2 Å². The maximum absolute atomic E-state index is 11.8. The lowest BCUT2D eigenvalue weighted by molar-refractivity contribution is 0.00578. The van der Waals surface area contributed by atoms with Gasteiger partial charge in [0.2, 0.25) is 11.2 Å². The molecule has 0 radical (unpaired) electrons. The smallest absolute Gasteiger partial charge is 0.465 e. The van der Waals surface area contributed by atoms with Crippen LogP contribution in [0.5, 0.6) is 5.75 Å². The minimum atomic E-state index is -0.975. The van der Waals surface area contributed by atoms with Crippen molar-refractivity contribution in [1.82, 2.24) is 0 Å². The van der Waals surface area contributed by atoms with Crippen molar-refractivity contribution < 1.29 is 28.0 Å². The molecule has 1 aromatic heterocycles. The molecule has 1 aliphatic heterocycles. The molecule has 0 amide bonds. The van der Waals surface area contributed by atoms with Crippen LogP contribution in [-0.2, 0) is 20.7 Å². The minimum absolute atomic E-state index is 0.000303. The Balaban J connectivity index is 1.58. The predicted molar refractivity (Wildman–Crippen MR) is 103 cm³/mol. The van der Waals surface area contributed by atoms with E-state index >= 15 is 0 Å². The SMILES string of the molecule is Cc1occc(=O)c1OC(=O)OCc1ccc(B2OC(C)(C)C(C)(C)O2)cc1. The summed E-state index contributed by atoms with van der Waals surface area (Å²) in [6.45, 7) is 9.51. The molecule has 0 saturated carbocycles. The maximum atomic E-state index is 11.8. The van der Waals surface area contributed by atoms with Gasteiger partial charge in [-0.05, 0) is 45.6 Å². The highest BCUT2D eigenvalue weighted by Crippen LogP contribution is 2.36. The highest BCUT2D eigenvalue weighted by molar-refractivity contribution is 6.62. The molecule has 1 saturated heterocycles. The van der Waals surface area contributed by atoms with Gasteiger partial charge in [-0.1, -0.05) is 24.3 Å². The first kappa shape index (κ1) is 20.2. The highest BCUT2D eigenvalue weighted by Gasteiger charge is 2.51. The number of hydrogen-bond donors (Lipinski definition) is 0. The molecule has 3 rings (SSSR count). The normalized spacial score (nSPS) is 17.4. The zero-order valence-electron chi connectivity index (χ0n) is 16.6. The van der Waals surface area contributed by atoms with Gasteiger partial charge >= 0.3 is 13.3 Å². The Morgan fingerprint density at radius 1 is 1.04 bits per heavy atom. The lowest BCUT2D eigenvalue weighted by Crippen LogP contribution is -2.41. The van der Waals surface area contributed by atoms with Crippen molar-refractivity contribution in [3.63, 3.8) is 0 Å². The first-order valence-electron chi connectivity index (χ1n) is 8.96. The third-order valence-corrected chi connectivity index (χ3v) is 5.05. The van der Waals surface area contributed by atoms with Gasteiger partial charge < -0.3 is 23.2 Å². The molecular formula is C20H23BO7. The lowest BCUT2D eigenvalue weighted by Gasteiger charge is -2.32. The maximum Gasteiger partial charge on any atom is 0.514 e. The Hall–Kier alpha value is -2.58. The molecule has 1 aliphatic rings. The van der Waals surface area contributed by atoms with Gasteiger partial charge in [-0.15, -0.1) is 0 Å². The van der Waals surface area contributed by atoms with E-state index in [1.165, 1.54) is 19.3 Å². The van der Waals surface area contributed by atoms with Crippen LogP contribution in [0.2, 0.25) is 0 Å². The van der Waals surface area contributed by atoms with E-state index in [0.717, 1.165) is 11.0 Å². The van der Waals surface area contributed by atoms with Gasteiger partial charge in [-0.3, -0.25) is 4.79 Å². The highest BCUT2D eigenvalue weighted by atomic mass is 16.7. The van der Waals surface area contributed by atoms with Crippen LogP contribution in [0.15, 0.2) is 45.8 Å². The van der Waals surface area contributed by atoms with Crippen molar-refractivity contribution in [2.75, 3.05) is 0 Å². The summed E-state index contributed by atoms with van der Waals surface area (Å²) in [5.41, 5.74) is 0.362. The van der Waals surface area contributed by atoms with E-state index in [0.29, 0.717) is 0 Å². The molecule has 1 aromatic carbocycles. The van der Waals surface area contributed by atoms with E-state index in [1.54, 1.807) is 0 Å². The van der Waals surface area contributed by atoms with Crippen LogP contribution in [0.3, 0.4) is 0 Å². The summed E-state index contributed by atoms with van der Waals surface area (Å²) in [7, 11) is -0.454. The quantitative estimate of drug-likeness (QED) is 0.590. The Bertz CT molecular complexity index is 899. The zero-order valence-corrected chi connectivity index (χ0v) is 16.6. The van der Waals surface area contributed by atoms with Gasteiger partial charge in [0.1, 0.15) is 12.4 Å². The molecule has 0 bridgehead atoms. The van der Waals surface area contributed by atoms with E-state index in [9.17, 15) is 9.59 Å². The molecule has 7 nitrogen and oxygen atoms in total. The molecule has 0 atom stereocenters. The number of carbonyl (C=O) groups excluding carboxylic acids is 1. The Kier molecular flexibility index (Phi) is 5.36. The van der Waals surface area contributed by atoms with Gasteiger partial charge in [-0.2, -0.15) is 0 Å². The molecule has 0 aliphatic carbocycles. The van der Waals surface area contributed by atoms with Crippen molar-refractivity contribution in [1.29, 1.82) is 0 Å². The molecule has 0 N–H and O–H groups in total. The van der Waals surface area contributed by atoms with Gasteiger partial charge in [-0.25, -0.2) is 4.79 Å². The molecule has 0 unspecified atom stereocenters. The third kappa shape index (κ3) is 4.13. The third-order valence-electron chi connectivity index (χ3n) is 5.05. The van der Waals surface area contributed by atoms with Crippen molar-refractivity contribution in [3.8, 4) is 5.75 Å². The average molecular weight is 386 g/mol. The molecule has 2 aromatic rings. The number of carbonyl (C=O) groups is 1. The molecule has 1 fully saturated rings. The number of benzene rings is 1. The second-order valence-electron chi connectivity index (χ2n) is 7.64. The molecular weight excluding hydrogens is 363 g/mol. The van der Waals surface area contributed by atoms with E-state index in [-0.39, 0.29) is 18.1 Å². The molecule has 2 heterocycles. The van der Waals surface area contributed by atoms with E-state index in [4.69, 9.17) is 23.2 Å². The van der Waals surface area contributed by atoms with Crippen molar-refractivity contribution >= 4 is 18.7 Å². The van der Waals surface area contributed by atoms with Crippen molar-refractivity contribution in [3.05, 3.63) is 58.1 Å². The first-order valence-corrected chi connectivity index (χ1v) is 8.96. The summed E-state index contributed by atoms with van der Waals surface area (Å²) in [5, 5.41) is 0. The van der Waals surface area contributed by atoms with E-state index in [1.807, 2.05) is 52.0 Å². The van der Waals surface area contributed by atoms with Crippen LogP contribution in [0.25, 0.3) is 0 Å². The van der Waals surface area contributed by atoms with Crippen LogP contribution in [0.4, 0.5) is 4.79 Å². The largest absolute Gasteiger partial charge is 0.514 e. The fourth-order valence-corrected chi connectivity index (χ4v) is 2.63. The fourth-order valence-electron chi connectivity index (χ4n) is 2.63. The minimum Gasteiger partial charge on any atom is -0.465 e. The molecule has 8 heteroatoms. The zero-order chi connectivity index (χ0) is 20.5. The van der Waals surface area contributed by atoms with Crippen LogP contribution in [-0.4, -0.2) is 24.5 Å². The lowest BCUT2D eigenvalue weighted by atomic mass is 9.79. The van der Waals surface area contributed by atoms with E-state index in [2.05, 4.69) is 0 Å². The van der Waals surface area contributed by atoms with Crippen molar-refractivity contribution in [2.45, 2.75) is 52.4 Å². The Labute approximate surface area is 163 Å². The summed E-state index contributed by atoms with van der Waals surface area (Å²) in [6, 6.07) is 8.53. The second kappa shape index (κ2) is 7.45. The molecule has 28 heavy (non-hydrogen) atoms. The van der Waals surface area contributed by atoms with Crippen LogP contribution >= 0.6 is 0 Å². The van der Waals surface area contributed by atoms with Crippen LogP contribution < -0.4 is 15.6 Å². The number of rotatable bonds is 4. The van der Waals surface area contributed by atoms with Gasteiger partial charge in [0.25, 0.3) is 0 Å². The van der Waals surface area contributed by atoms with Crippen LogP contribution in [0, 0.1) is 6.92 Å². The summed E-state index contributed by atoms with van der Waals surface area (Å²) >= 11 is 0. The summed E-state index contributed by atoms with van der Waals surface area (Å²) in [6.07, 6.45) is 0.258. The van der Waals surface area contributed by atoms with Gasteiger partial charge in [0.15, 0.2) is 0 Å². The standard InChI is InChI=1S/C20H23BO7/c1-13-17(16(22)10-11-24-13)26-18(23)25-12-14-6-8-15(9-7-14)21-27-19(2,3)20(4,5)28-21/h6-11H,12H2,1-5H3. The van der Waals surface area contributed by atoms with Crippen LogP contribution in [0.1, 0.15) is 39.0 Å². The van der Waals surface area contributed by atoms with E-state index < -0.39 is 29.9 Å². The monoisotopic (exact) mass is 386 g/mol. The first-order chi connectivity index (χ1) is 13.1. The molecule has 0 spiro atoms. The Morgan fingerprint density at radius 3 is 2.21 bits per heavy atom. The Morgan fingerprint density at radius 2 is 1.64 bits per heavy atom. The van der Waals surface area contributed by atoms with Gasteiger partial charge in [0, 0.05) is 6.07 Å². The number of hydrogen-bond acceptors (Lipinski definition) is 7. The van der Waals surface area contributed by atoms with Gasteiger partial charge in [0.05, 0.1) is 17.5 Å². The summed E-state index contributed by atoms with van der Waals surface area (Å²) in [5.74, 6) is 0.0276.